The van der Waals surface area contributed by atoms with Gasteiger partial charge in [-0.1, -0.05) is 6.07 Å². The number of aromatic amines is 1. The summed E-state index contributed by atoms with van der Waals surface area (Å²) in [5, 5.41) is 25.6. The summed E-state index contributed by atoms with van der Waals surface area (Å²) in [5.74, 6) is -1.09. The van der Waals surface area contributed by atoms with Crippen molar-refractivity contribution >= 4 is 16.9 Å². The Morgan fingerprint density at radius 2 is 2.35 bits per heavy atom. The average Bonchev–Trinajstić information content (AvgIpc) is 3.18. The first-order valence-corrected chi connectivity index (χ1v) is 6.94. The summed E-state index contributed by atoms with van der Waals surface area (Å²) in [6.45, 7) is 1.19. The number of benzene rings is 1. The predicted molar refractivity (Wildman–Crippen MR) is 81.9 cm³/mol. The Kier molecular flexibility index (Phi) is 3.58. The molecule has 0 aliphatic heterocycles. The molecule has 1 unspecified atom stereocenters. The van der Waals surface area contributed by atoms with Crippen molar-refractivity contribution in [2.24, 2.45) is 0 Å². The van der Waals surface area contributed by atoms with E-state index < -0.39 is 12.6 Å². The normalized spacial score (nSPS) is 12.2. The number of hydrogen-bond acceptors (Lipinski definition) is 3. The molecule has 0 fully saturated rings. The van der Waals surface area contributed by atoms with E-state index in [0.717, 1.165) is 5.52 Å². The summed E-state index contributed by atoms with van der Waals surface area (Å²) in [6.07, 6.45) is 2.85. The fraction of sp³-hybridized carbons (Fsp3) is 0.188. The number of rotatable bonds is 4. The minimum Gasteiger partial charge on any atom is -0.478 e. The number of nitrogens with one attached hydrogen (secondary N) is 1. The van der Waals surface area contributed by atoms with E-state index in [1.54, 1.807) is 35.9 Å². The van der Waals surface area contributed by atoms with Crippen LogP contribution in [0.15, 0.2) is 30.6 Å². The number of halogens is 1. The van der Waals surface area contributed by atoms with Crippen LogP contribution in [0.3, 0.4) is 0 Å². The number of aromatic carboxylic acids is 1. The molecule has 23 heavy (non-hydrogen) atoms. The van der Waals surface area contributed by atoms with Gasteiger partial charge in [0.15, 0.2) is 0 Å². The second-order valence-corrected chi connectivity index (χ2v) is 5.26. The van der Waals surface area contributed by atoms with E-state index in [0.29, 0.717) is 22.2 Å². The molecule has 7 heteroatoms. The number of carboxylic acids is 1. The van der Waals surface area contributed by atoms with E-state index in [9.17, 15) is 19.6 Å². The van der Waals surface area contributed by atoms with Gasteiger partial charge in [-0.05, 0) is 19.1 Å². The lowest BCUT2D eigenvalue weighted by Crippen LogP contribution is -2.05. The zero-order valence-electron chi connectivity index (χ0n) is 12.2. The maximum Gasteiger partial charge on any atom is 0.339 e. The van der Waals surface area contributed by atoms with Crippen LogP contribution in [-0.4, -0.2) is 32.5 Å². The highest BCUT2D eigenvalue weighted by molar-refractivity contribution is 5.97. The summed E-state index contributed by atoms with van der Waals surface area (Å²) >= 11 is 0. The molecule has 116 valence electrons. The fourth-order valence-electron chi connectivity index (χ4n) is 2.61. The smallest absolute Gasteiger partial charge is 0.339 e. The van der Waals surface area contributed by atoms with Gasteiger partial charge in [-0.25, -0.2) is 9.18 Å². The number of H-pyrrole nitrogens is 1. The van der Waals surface area contributed by atoms with E-state index >= 15 is 0 Å². The summed E-state index contributed by atoms with van der Waals surface area (Å²) < 4.78 is 14.7. The second-order valence-electron chi connectivity index (χ2n) is 5.26. The summed E-state index contributed by atoms with van der Waals surface area (Å²) in [7, 11) is 0. The molecule has 1 atom stereocenters. The minimum atomic E-state index is -1.09. The van der Waals surface area contributed by atoms with E-state index in [1.165, 1.54) is 6.20 Å². The van der Waals surface area contributed by atoms with Crippen molar-refractivity contribution in [2.75, 3.05) is 6.67 Å². The highest BCUT2D eigenvalue weighted by Gasteiger charge is 2.17. The van der Waals surface area contributed by atoms with Crippen LogP contribution in [0.4, 0.5) is 4.39 Å². The van der Waals surface area contributed by atoms with Crippen molar-refractivity contribution in [2.45, 2.75) is 13.0 Å². The van der Waals surface area contributed by atoms with Gasteiger partial charge in [-0.2, -0.15) is 10.4 Å². The van der Waals surface area contributed by atoms with Gasteiger partial charge in [0.2, 0.25) is 0 Å². The van der Waals surface area contributed by atoms with E-state index in [1.807, 2.05) is 0 Å². The molecule has 3 aromatic rings. The maximum atomic E-state index is 13.0. The van der Waals surface area contributed by atoms with Gasteiger partial charge in [-0.15, -0.1) is 0 Å². The van der Waals surface area contributed by atoms with Crippen molar-refractivity contribution in [3.63, 3.8) is 0 Å². The van der Waals surface area contributed by atoms with Crippen molar-refractivity contribution in [1.29, 1.82) is 5.26 Å². The number of carbonyl (C=O) groups is 1. The van der Waals surface area contributed by atoms with Gasteiger partial charge in [0.25, 0.3) is 0 Å². The predicted octanol–water partition coefficient (Wildman–Crippen LogP) is 3.13. The molecule has 1 aromatic carbocycles. The zero-order chi connectivity index (χ0) is 16.6. The number of fused-ring (bicyclic) bond motifs is 1. The number of alkyl halides is 1. The van der Waals surface area contributed by atoms with Gasteiger partial charge in [-0.3, -0.25) is 5.10 Å². The van der Waals surface area contributed by atoms with Crippen LogP contribution >= 0.6 is 0 Å². The van der Waals surface area contributed by atoms with Crippen LogP contribution in [0.2, 0.25) is 0 Å². The first-order valence-electron chi connectivity index (χ1n) is 6.94. The third-order valence-corrected chi connectivity index (χ3v) is 3.81. The van der Waals surface area contributed by atoms with Crippen LogP contribution < -0.4 is 0 Å². The molecule has 0 saturated heterocycles. The van der Waals surface area contributed by atoms with Gasteiger partial charge in [0.05, 0.1) is 23.5 Å². The van der Waals surface area contributed by atoms with Crippen molar-refractivity contribution in [3.8, 4) is 17.3 Å². The van der Waals surface area contributed by atoms with Crippen LogP contribution in [0.25, 0.3) is 22.2 Å². The number of hydrogen-bond donors (Lipinski definition) is 2. The second kappa shape index (κ2) is 5.57. The monoisotopic (exact) mass is 312 g/mol. The van der Waals surface area contributed by atoms with E-state index in [-0.39, 0.29) is 11.6 Å². The Morgan fingerprint density at radius 1 is 1.57 bits per heavy atom. The standard InChI is InChI=1S/C16H13FN4O2/c1-9(5-17)21-8-11(6-18)12-4-10(2-3-14(12)21)15-13(16(22)23)7-19-20-15/h2-4,7-9H,5H2,1H3,(H,19,20)(H,22,23). The van der Waals surface area contributed by atoms with Crippen LogP contribution in [0, 0.1) is 11.3 Å². The maximum absolute atomic E-state index is 13.0. The summed E-state index contributed by atoms with van der Waals surface area (Å²) in [6, 6.07) is 6.91. The lowest BCUT2D eigenvalue weighted by molar-refractivity contribution is 0.0698. The lowest BCUT2D eigenvalue weighted by atomic mass is 10.0. The molecule has 0 saturated carbocycles. The van der Waals surface area contributed by atoms with Gasteiger partial charge in [0, 0.05) is 22.7 Å². The van der Waals surface area contributed by atoms with E-state index in [4.69, 9.17) is 0 Å². The van der Waals surface area contributed by atoms with Crippen LogP contribution in [0.5, 0.6) is 0 Å². The average molecular weight is 312 g/mol. The minimum absolute atomic E-state index is 0.0550. The van der Waals surface area contributed by atoms with Gasteiger partial charge in [0.1, 0.15) is 18.3 Å². The molecule has 6 nitrogen and oxygen atoms in total. The van der Waals surface area contributed by atoms with Gasteiger partial charge < -0.3 is 9.67 Å². The highest BCUT2D eigenvalue weighted by atomic mass is 19.1. The topological polar surface area (TPSA) is 94.7 Å². The molecule has 0 radical (unpaired) electrons. The summed E-state index contributed by atoms with van der Waals surface area (Å²) in [5.41, 5.74) is 2.17. The molecule has 0 spiro atoms. The molecular formula is C16H13FN4O2. The molecule has 0 aliphatic rings. The Labute approximate surface area is 130 Å². The number of nitrogens with zero attached hydrogens (tertiary/aromatic N) is 3. The third-order valence-electron chi connectivity index (χ3n) is 3.81. The first-order chi connectivity index (χ1) is 11.1. The lowest BCUT2D eigenvalue weighted by Gasteiger charge is -2.11. The zero-order valence-corrected chi connectivity index (χ0v) is 12.2. The Hall–Kier alpha value is -3.14. The Balaban J connectivity index is 2.22. The van der Waals surface area contributed by atoms with Crippen molar-refractivity contribution in [3.05, 3.63) is 41.7 Å². The van der Waals surface area contributed by atoms with Crippen LogP contribution in [-0.2, 0) is 0 Å². The third kappa shape index (κ3) is 2.34. The fourth-order valence-corrected chi connectivity index (χ4v) is 2.61. The number of aromatic nitrogens is 3. The molecule has 2 N–H and O–H groups in total. The number of nitriles is 1. The molecule has 0 amide bonds. The molecule has 2 aromatic heterocycles. The summed E-state index contributed by atoms with van der Waals surface area (Å²) in [4.78, 5) is 11.2. The Morgan fingerprint density at radius 3 is 3.00 bits per heavy atom. The SMILES string of the molecule is CC(CF)n1cc(C#N)c2cc(-c3[nH]ncc3C(=O)O)ccc21. The largest absolute Gasteiger partial charge is 0.478 e. The van der Waals surface area contributed by atoms with Crippen molar-refractivity contribution in [1.82, 2.24) is 14.8 Å². The quantitative estimate of drug-likeness (QED) is 0.773. The molecule has 0 aliphatic carbocycles. The molecular weight excluding hydrogens is 299 g/mol. The van der Waals surface area contributed by atoms with E-state index in [2.05, 4.69) is 16.3 Å². The molecule has 0 bridgehead atoms. The highest BCUT2D eigenvalue weighted by Crippen LogP contribution is 2.30. The number of carboxylic acid groups (broad SMARTS) is 1. The van der Waals surface area contributed by atoms with Gasteiger partial charge >= 0.3 is 5.97 Å². The first kappa shape index (κ1) is 14.8. The van der Waals surface area contributed by atoms with Crippen LogP contribution in [0.1, 0.15) is 28.9 Å². The Bertz CT molecular complexity index is 935. The van der Waals surface area contributed by atoms with Crippen molar-refractivity contribution < 1.29 is 14.3 Å². The molecule has 3 rings (SSSR count). The molecule has 2 heterocycles.